The summed E-state index contributed by atoms with van der Waals surface area (Å²) in [6, 6.07) is 8.29. The molecule has 2 aromatic carbocycles. The molecule has 2 rings (SSSR count). The molecule has 0 aliphatic heterocycles. The molecule has 2 aromatic rings. The number of nitrogens with zero attached hydrogens (tertiary/aromatic N) is 1. The zero-order valence-electron chi connectivity index (χ0n) is 17.7. The third-order valence-electron chi connectivity index (χ3n) is 4.74. The number of methoxy groups -OCH3 is 3. The van der Waals surface area contributed by atoms with E-state index in [2.05, 4.69) is 4.74 Å². The average Bonchev–Trinajstić information content (AvgIpc) is 2.75. The molecule has 0 saturated carbocycles. The number of benzene rings is 2. The lowest BCUT2D eigenvalue weighted by atomic mass is 9.94. The van der Waals surface area contributed by atoms with Gasteiger partial charge in [0.1, 0.15) is 5.75 Å². The third-order valence-corrected chi connectivity index (χ3v) is 4.74. The molecule has 0 unspecified atom stereocenters. The van der Waals surface area contributed by atoms with Crippen LogP contribution >= 0.6 is 0 Å². The fraction of sp³-hybridized carbons (Fsp3) is 0.364. The largest absolute Gasteiger partial charge is 0.496 e. The fourth-order valence-electron chi connectivity index (χ4n) is 3.12. The summed E-state index contributed by atoms with van der Waals surface area (Å²) in [6.07, 6.45) is -5.21. The molecule has 0 aliphatic carbocycles. The molecule has 31 heavy (non-hydrogen) atoms. The molecule has 168 valence electrons. The second-order valence-corrected chi connectivity index (χ2v) is 6.64. The third kappa shape index (κ3) is 5.90. The first-order valence-electron chi connectivity index (χ1n) is 9.41. The van der Waals surface area contributed by atoms with E-state index in [1.807, 2.05) is 0 Å². The molecular weight excluding hydrogens is 415 g/mol. The van der Waals surface area contributed by atoms with Crippen molar-refractivity contribution in [1.29, 1.82) is 0 Å². The molecule has 0 aromatic heterocycles. The molecule has 0 heterocycles. The van der Waals surface area contributed by atoms with Crippen LogP contribution in [0.1, 0.15) is 23.6 Å². The van der Waals surface area contributed by atoms with Gasteiger partial charge in [0.25, 0.3) is 0 Å². The number of carbonyl (C=O) groups excluding carboxylic acids is 2. The van der Waals surface area contributed by atoms with Crippen molar-refractivity contribution in [3.8, 4) is 16.9 Å². The SMILES string of the molecule is CCN(Cc1cc(C(F)(F)F)ccc1-c1cc(CC(=O)OC)ccc1OC)C(=O)OC. The molecule has 9 heteroatoms. The van der Waals surface area contributed by atoms with Gasteiger partial charge in [-0.3, -0.25) is 4.79 Å². The van der Waals surface area contributed by atoms with Crippen LogP contribution in [0.2, 0.25) is 0 Å². The van der Waals surface area contributed by atoms with Crippen molar-refractivity contribution in [2.75, 3.05) is 27.9 Å². The van der Waals surface area contributed by atoms with E-state index in [9.17, 15) is 22.8 Å². The summed E-state index contributed by atoms with van der Waals surface area (Å²) < 4.78 is 54.9. The predicted molar refractivity (Wildman–Crippen MR) is 108 cm³/mol. The number of halogens is 3. The van der Waals surface area contributed by atoms with Crippen LogP contribution < -0.4 is 4.74 Å². The van der Waals surface area contributed by atoms with Crippen LogP contribution in [-0.4, -0.2) is 44.8 Å². The van der Waals surface area contributed by atoms with Crippen LogP contribution in [-0.2, 0) is 33.4 Å². The van der Waals surface area contributed by atoms with E-state index in [1.54, 1.807) is 25.1 Å². The van der Waals surface area contributed by atoms with E-state index >= 15 is 0 Å². The number of esters is 1. The fourth-order valence-corrected chi connectivity index (χ4v) is 3.12. The highest BCUT2D eigenvalue weighted by Crippen LogP contribution is 2.38. The average molecular weight is 439 g/mol. The molecule has 6 nitrogen and oxygen atoms in total. The van der Waals surface area contributed by atoms with Gasteiger partial charge in [-0.25, -0.2) is 4.79 Å². The van der Waals surface area contributed by atoms with Crippen molar-refractivity contribution in [2.45, 2.75) is 26.1 Å². The maximum Gasteiger partial charge on any atom is 0.416 e. The Bertz CT molecular complexity index is 943. The van der Waals surface area contributed by atoms with Crippen LogP contribution in [0, 0.1) is 0 Å². The summed E-state index contributed by atoms with van der Waals surface area (Å²) in [7, 11) is 3.92. The van der Waals surface area contributed by atoms with Crippen LogP contribution in [0.15, 0.2) is 36.4 Å². The first-order valence-corrected chi connectivity index (χ1v) is 9.41. The lowest BCUT2D eigenvalue weighted by Crippen LogP contribution is -2.30. The van der Waals surface area contributed by atoms with Gasteiger partial charge in [-0.15, -0.1) is 0 Å². The second-order valence-electron chi connectivity index (χ2n) is 6.64. The molecule has 0 radical (unpaired) electrons. The maximum absolute atomic E-state index is 13.4. The number of hydrogen-bond acceptors (Lipinski definition) is 5. The number of alkyl halides is 3. The van der Waals surface area contributed by atoms with E-state index in [4.69, 9.17) is 9.47 Å². The Morgan fingerprint density at radius 1 is 0.968 bits per heavy atom. The van der Waals surface area contributed by atoms with Gasteiger partial charge in [-0.2, -0.15) is 13.2 Å². The Morgan fingerprint density at radius 3 is 2.23 bits per heavy atom. The molecule has 0 saturated heterocycles. The molecule has 0 fully saturated rings. The number of rotatable bonds is 7. The normalized spacial score (nSPS) is 11.1. The minimum absolute atomic E-state index is 0.00723. The monoisotopic (exact) mass is 439 g/mol. The first kappa shape index (κ1) is 24.0. The summed E-state index contributed by atoms with van der Waals surface area (Å²) in [5, 5.41) is 0. The smallest absolute Gasteiger partial charge is 0.416 e. The zero-order chi connectivity index (χ0) is 23.2. The van der Waals surface area contributed by atoms with E-state index in [1.165, 1.54) is 32.3 Å². The second kappa shape index (κ2) is 10.2. The summed E-state index contributed by atoms with van der Waals surface area (Å²) in [5.74, 6) is -0.0395. The molecule has 0 bridgehead atoms. The maximum atomic E-state index is 13.4. The highest BCUT2D eigenvalue weighted by Gasteiger charge is 2.31. The Balaban J connectivity index is 2.65. The van der Waals surface area contributed by atoms with E-state index in [-0.39, 0.29) is 25.1 Å². The number of amides is 1. The molecular formula is C22H24F3NO5. The van der Waals surface area contributed by atoms with Crippen molar-refractivity contribution in [1.82, 2.24) is 4.90 Å². The summed E-state index contributed by atoms with van der Waals surface area (Å²) >= 11 is 0. The van der Waals surface area contributed by atoms with Crippen molar-refractivity contribution in [3.05, 3.63) is 53.1 Å². The van der Waals surface area contributed by atoms with Crippen LogP contribution in [0.4, 0.5) is 18.0 Å². The zero-order valence-corrected chi connectivity index (χ0v) is 17.7. The van der Waals surface area contributed by atoms with Crippen molar-refractivity contribution < 1.29 is 37.0 Å². The van der Waals surface area contributed by atoms with Gasteiger partial charge in [0.2, 0.25) is 0 Å². The molecule has 1 amide bonds. The highest BCUT2D eigenvalue weighted by molar-refractivity contribution is 5.78. The number of hydrogen-bond donors (Lipinski definition) is 0. The highest BCUT2D eigenvalue weighted by atomic mass is 19.4. The number of ether oxygens (including phenoxy) is 3. The molecule has 0 aliphatic rings. The van der Waals surface area contributed by atoms with Gasteiger partial charge in [-0.05, 0) is 47.9 Å². The number of carbonyl (C=O) groups is 2. The summed E-state index contributed by atoms with van der Waals surface area (Å²) in [6.45, 7) is 1.83. The van der Waals surface area contributed by atoms with Crippen LogP contribution in [0.25, 0.3) is 11.1 Å². The summed E-state index contributed by atoms with van der Waals surface area (Å²) in [4.78, 5) is 25.0. The van der Waals surface area contributed by atoms with Crippen LogP contribution in [0.5, 0.6) is 5.75 Å². The molecule has 0 atom stereocenters. The quantitative estimate of drug-likeness (QED) is 0.586. The Labute approximate surface area is 178 Å². The lowest BCUT2D eigenvalue weighted by Gasteiger charge is -2.23. The van der Waals surface area contributed by atoms with Crippen molar-refractivity contribution in [3.63, 3.8) is 0 Å². The van der Waals surface area contributed by atoms with Gasteiger partial charge in [0.05, 0.1) is 33.3 Å². The first-order chi connectivity index (χ1) is 14.6. The molecule has 0 spiro atoms. The van der Waals surface area contributed by atoms with Crippen LogP contribution in [0.3, 0.4) is 0 Å². The van der Waals surface area contributed by atoms with E-state index in [0.29, 0.717) is 22.4 Å². The van der Waals surface area contributed by atoms with Gasteiger partial charge >= 0.3 is 18.2 Å². The Kier molecular flexibility index (Phi) is 7.90. The minimum atomic E-state index is -4.55. The topological polar surface area (TPSA) is 65.1 Å². The van der Waals surface area contributed by atoms with E-state index in [0.717, 1.165) is 12.1 Å². The van der Waals surface area contributed by atoms with Crippen molar-refractivity contribution >= 4 is 12.1 Å². The van der Waals surface area contributed by atoms with Gasteiger partial charge in [0, 0.05) is 18.7 Å². The predicted octanol–water partition coefficient (Wildman–Crippen LogP) is 4.68. The van der Waals surface area contributed by atoms with Gasteiger partial charge in [-0.1, -0.05) is 12.1 Å². The Morgan fingerprint density at radius 2 is 1.68 bits per heavy atom. The Hall–Kier alpha value is -3.23. The van der Waals surface area contributed by atoms with Gasteiger partial charge in [0.15, 0.2) is 0 Å². The van der Waals surface area contributed by atoms with Crippen molar-refractivity contribution in [2.24, 2.45) is 0 Å². The lowest BCUT2D eigenvalue weighted by molar-refractivity contribution is -0.140. The molecule has 0 N–H and O–H groups in total. The standard InChI is InChI=1S/C22H24F3NO5/c1-5-26(21(28)31-4)13-15-12-16(22(23,24)25)7-8-17(15)18-10-14(11-20(27)30-3)6-9-19(18)29-2/h6-10,12H,5,11,13H2,1-4H3. The summed E-state index contributed by atoms with van der Waals surface area (Å²) in [5.41, 5.74) is 0.966. The van der Waals surface area contributed by atoms with E-state index < -0.39 is 23.8 Å². The van der Waals surface area contributed by atoms with Gasteiger partial charge < -0.3 is 19.1 Å². The minimum Gasteiger partial charge on any atom is -0.496 e.